The van der Waals surface area contributed by atoms with Crippen LogP contribution in [0.25, 0.3) is 0 Å². The van der Waals surface area contributed by atoms with Crippen LogP contribution in [0.1, 0.15) is 5.56 Å². The summed E-state index contributed by atoms with van der Waals surface area (Å²) >= 11 is 0. The Kier molecular flexibility index (Phi) is 2.66. The fourth-order valence-corrected chi connectivity index (χ4v) is 1.37. The Morgan fingerprint density at radius 1 is 1.53 bits per heavy atom. The van der Waals surface area contributed by atoms with E-state index in [1.807, 2.05) is 0 Å². The Balaban J connectivity index is 2.40. The van der Waals surface area contributed by atoms with Gasteiger partial charge in [0, 0.05) is 7.05 Å². The first-order valence-electron chi connectivity index (χ1n) is 4.77. The number of halogens is 1. The molecule has 5 nitrogen and oxygen atoms in total. The van der Waals surface area contributed by atoms with E-state index in [0.717, 1.165) is 0 Å². The number of hydrogen-bond donors (Lipinski definition) is 1. The van der Waals surface area contributed by atoms with E-state index in [1.54, 1.807) is 19.3 Å². The van der Waals surface area contributed by atoms with Gasteiger partial charge in [0.1, 0.15) is 28.9 Å². The van der Waals surface area contributed by atoms with Crippen LogP contribution in [0.2, 0.25) is 0 Å². The normalized spacial score (nSPS) is 9.94. The molecule has 0 unspecified atom stereocenters. The summed E-state index contributed by atoms with van der Waals surface area (Å²) in [5, 5.41) is 12.8. The first-order valence-corrected chi connectivity index (χ1v) is 4.77. The van der Waals surface area contributed by atoms with Gasteiger partial charge in [-0.1, -0.05) is 6.07 Å². The fraction of sp³-hybridized carbons (Fsp3) is 0.0909. The third kappa shape index (κ3) is 2.03. The van der Waals surface area contributed by atoms with Gasteiger partial charge in [0.25, 0.3) is 5.88 Å². The van der Waals surface area contributed by atoms with Gasteiger partial charge in [0.15, 0.2) is 0 Å². The van der Waals surface area contributed by atoms with Crippen molar-refractivity contribution in [2.24, 2.45) is 7.05 Å². The van der Waals surface area contributed by atoms with E-state index in [2.05, 4.69) is 5.10 Å². The van der Waals surface area contributed by atoms with E-state index >= 15 is 0 Å². The molecular weight excluding hydrogens is 223 g/mol. The Morgan fingerprint density at radius 3 is 2.88 bits per heavy atom. The van der Waals surface area contributed by atoms with Crippen LogP contribution in [0.4, 0.5) is 10.1 Å². The van der Waals surface area contributed by atoms with E-state index < -0.39 is 5.82 Å². The Labute approximate surface area is 96.8 Å². The zero-order valence-electron chi connectivity index (χ0n) is 9.01. The maximum Gasteiger partial charge on any atom is 0.261 e. The summed E-state index contributed by atoms with van der Waals surface area (Å²) in [5.41, 5.74) is 5.78. The summed E-state index contributed by atoms with van der Waals surface area (Å²) in [7, 11) is 1.68. The molecule has 6 heteroatoms. The number of nitrogen functional groups attached to an aromatic ring is 1. The topological polar surface area (TPSA) is 76.9 Å². The van der Waals surface area contributed by atoms with E-state index in [1.165, 1.54) is 22.9 Å². The van der Waals surface area contributed by atoms with Gasteiger partial charge in [-0.05, 0) is 12.1 Å². The lowest BCUT2D eigenvalue weighted by Crippen LogP contribution is -1.95. The molecule has 0 aliphatic heterocycles. The second kappa shape index (κ2) is 4.14. The van der Waals surface area contributed by atoms with Crippen molar-refractivity contribution >= 4 is 5.69 Å². The van der Waals surface area contributed by atoms with E-state index in [9.17, 15) is 4.39 Å². The molecule has 0 saturated heterocycles. The lowest BCUT2D eigenvalue weighted by atomic mass is 10.2. The van der Waals surface area contributed by atoms with Crippen LogP contribution in [0, 0.1) is 17.1 Å². The summed E-state index contributed by atoms with van der Waals surface area (Å²) in [6.07, 6.45) is 1.56. The molecule has 0 aliphatic rings. The summed E-state index contributed by atoms with van der Waals surface area (Å²) in [6, 6.07) is 5.85. The first kappa shape index (κ1) is 11.0. The number of hydrogen-bond acceptors (Lipinski definition) is 4. The quantitative estimate of drug-likeness (QED) is 0.856. The molecular formula is C11H9FN4O. The molecule has 0 atom stereocenters. The molecule has 17 heavy (non-hydrogen) atoms. The van der Waals surface area contributed by atoms with E-state index in [0.29, 0.717) is 5.69 Å². The van der Waals surface area contributed by atoms with E-state index in [4.69, 9.17) is 15.7 Å². The lowest BCUT2D eigenvalue weighted by Gasteiger charge is -2.05. The fourth-order valence-electron chi connectivity index (χ4n) is 1.37. The zero-order chi connectivity index (χ0) is 12.4. The van der Waals surface area contributed by atoms with Gasteiger partial charge < -0.3 is 10.5 Å². The maximum atomic E-state index is 13.3. The minimum absolute atomic E-state index is 0.0953. The highest BCUT2D eigenvalue weighted by atomic mass is 19.1. The molecule has 0 fully saturated rings. The third-order valence-corrected chi connectivity index (χ3v) is 2.12. The smallest absolute Gasteiger partial charge is 0.261 e. The number of aromatic nitrogens is 2. The number of benzene rings is 1. The van der Waals surface area contributed by atoms with Crippen LogP contribution in [-0.2, 0) is 7.05 Å². The molecule has 2 aromatic rings. The molecule has 0 radical (unpaired) electrons. The summed E-state index contributed by atoms with van der Waals surface area (Å²) < 4.78 is 20.1. The van der Waals surface area contributed by atoms with Crippen molar-refractivity contribution < 1.29 is 9.13 Å². The van der Waals surface area contributed by atoms with Crippen molar-refractivity contribution in [1.82, 2.24) is 9.78 Å². The van der Waals surface area contributed by atoms with Crippen LogP contribution in [0.3, 0.4) is 0 Å². The van der Waals surface area contributed by atoms with Crippen LogP contribution < -0.4 is 10.5 Å². The molecule has 1 aromatic carbocycles. The minimum atomic E-state index is -0.639. The van der Waals surface area contributed by atoms with Crippen molar-refractivity contribution in [3.63, 3.8) is 0 Å². The van der Waals surface area contributed by atoms with Gasteiger partial charge in [0.05, 0.1) is 6.20 Å². The number of aryl methyl sites for hydroxylation is 1. The Morgan fingerprint density at radius 2 is 2.29 bits per heavy atom. The zero-order valence-corrected chi connectivity index (χ0v) is 9.01. The number of ether oxygens (including phenoxy) is 1. The van der Waals surface area contributed by atoms with Crippen LogP contribution in [0.15, 0.2) is 24.4 Å². The second-order valence-corrected chi connectivity index (χ2v) is 3.39. The molecule has 1 heterocycles. The standard InChI is InChI=1S/C11H9FN4O/c1-16-6-9(14)11(15-16)17-10-4-2-3-8(12)7(10)5-13/h2-4,6H,14H2,1H3. The van der Waals surface area contributed by atoms with Crippen LogP contribution in [-0.4, -0.2) is 9.78 Å². The summed E-state index contributed by atoms with van der Waals surface area (Å²) in [4.78, 5) is 0. The van der Waals surface area contributed by atoms with Crippen molar-refractivity contribution in [3.8, 4) is 17.7 Å². The number of nitrogens with zero attached hydrogens (tertiary/aromatic N) is 3. The number of anilines is 1. The van der Waals surface area contributed by atoms with Crippen molar-refractivity contribution in [2.45, 2.75) is 0 Å². The van der Waals surface area contributed by atoms with Gasteiger partial charge in [-0.3, -0.25) is 4.68 Å². The molecule has 1 aromatic heterocycles. The molecule has 0 bridgehead atoms. The lowest BCUT2D eigenvalue weighted by molar-refractivity contribution is 0.449. The Hall–Kier alpha value is -2.55. The van der Waals surface area contributed by atoms with Gasteiger partial charge in [-0.15, -0.1) is 5.10 Å². The predicted molar refractivity (Wildman–Crippen MR) is 58.8 cm³/mol. The predicted octanol–water partition coefficient (Wildman–Crippen LogP) is 1.81. The van der Waals surface area contributed by atoms with Gasteiger partial charge >= 0.3 is 0 Å². The number of nitriles is 1. The highest BCUT2D eigenvalue weighted by Crippen LogP contribution is 2.28. The van der Waals surface area contributed by atoms with Gasteiger partial charge in [-0.25, -0.2) is 4.39 Å². The maximum absolute atomic E-state index is 13.3. The average Bonchev–Trinajstić information content (AvgIpc) is 2.58. The van der Waals surface area contributed by atoms with Gasteiger partial charge in [0.2, 0.25) is 0 Å². The average molecular weight is 232 g/mol. The van der Waals surface area contributed by atoms with E-state index in [-0.39, 0.29) is 17.2 Å². The highest BCUT2D eigenvalue weighted by Gasteiger charge is 2.13. The molecule has 86 valence electrons. The number of rotatable bonds is 2. The summed E-state index contributed by atoms with van der Waals surface area (Å²) in [5.74, 6) is -0.396. The molecule has 2 N–H and O–H groups in total. The molecule has 0 aliphatic carbocycles. The largest absolute Gasteiger partial charge is 0.435 e. The molecule has 0 amide bonds. The van der Waals surface area contributed by atoms with Crippen molar-refractivity contribution in [3.05, 3.63) is 35.8 Å². The Bertz CT molecular complexity index is 600. The van der Waals surface area contributed by atoms with Crippen molar-refractivity contribution in [1.29, 1.82) is 5.26 Å². The molecule has 2 rings (SSSR count). The van der Waals surface area contributed by atoms with Crippen LogP contribution >= 0.6 is 0 Å². The monoisotopic (exact) mass is 232 g/mol. The second-order valence-electron chi connectivity index (χ2n) is 3.39. The third-order valence-electron chi connectivity index (χ3n) is 2.12. The molecule has 0 saturated carbocycles. The summed E-state index contributed by atoms with van der Waals surface area (Å²) in [6.45, 7) is 0. The molecule has 0 spiro atoms. The minimum Gasteiger partial charge on any atom is -0.435 e. The first-order chi connectivity index (χ1) is 8.11. The number of nitrogens with two attached hydrogens (primary N) is 1. The van der Waals surface area contributed by atoms with Crippen molar-refractivity contribution in [2.75, 3.05) is 5.73 Å². The highest BCUT2D eigenvalue weighted by molar-refractivity contribution is 5.51. The SMILES string of the molecule is Cn1cc(N)c(Oc2cccc(F)c2C#N)n1. The van der Waals surface area contributed by atoms with Gasteiger partial charge in [-0.2, -0.15) is 5.26 Å². The van der Waals surface area contributed by atoms with Crippen LogP contribution in [0.5, 0.6) is 11.6 Å².